The molecule has 0 rings (SSSR count). The molecule has 232 valence electrons. The van der Waals surface area contributed by atoms with Gasteiger partial charge in [-0.2, -0.15) is 0 Å². The van der Waals surface area contributed by atoms with E-state index < -0.39 is 0 Å². The number of thiol groups is 2. The summed E-state index contributed by atoms with van der Waals surface area (Å²) in [5.74, 6) is 2.31. The van der Waals surface area contributed by atoms with Gasteiger partial charge < -0.3 is 4.74 Å². The van der Waals surface area contributed by atoms with Crippen LogP contribution in [0.15, 0.2) is 0 Å². The lowest BCUT2D eigenvalue weighted by Gasteiger charge is -2.22. The van der Waals surface area contributed by atoms with Gasteiger partial charge in [0.2, 0.25) is 0 Å². The Morgan fingerprint density at radius 2 is 0.795 bits per heavy atom. The second kappa shape index (κ2) is 28.1. The molecule has 0 aliphatic heterocycles. The van der Waals surface area contributed by atoms with Crippen molar-refractivity contribution in [1.29, 1.82) is 0 Å². The SMILES string of the molecule is CCCCCC(CCCC)CCC(CCOCCC(CCC(CCCC)CCCCC)CC(=O)S)CC(=O)S. The Morgan fingerprint density at radius 1 is 0.462 bits per heavy atom. The van der Waals surface area contributed by atoms with Crippen LogP contribution >= 0.6 is 25.3 Å². The predicted octanol–water partition coefficient (Wildman–Crippen LogP) is 11.0. The van der Waals surface area contributed by atoms with Gasteiger partial charge in [0, 0.05) is 26.1 Å². The maximum atomic E-state index is 11.8. The van der Waals surface area contributed by atoms with Crippen molar-refractivity contribution in [3.8, 4) is 0 Å². The van der Waals surface area contributed by atoms with Crippen LogP contribution in [0.4, 0.5) is 0 Å². The van der Waals surface area contributed by atoms with Crippen LogP contribution in [-0.4, -0.2) is 23.4 Å². The zero-order valence-corrected chi connectivity index (χ0v) is 28.2. The third kappa shape index (κ3) is 25.4. The van der Waals surface area contributed by atoms with E-state index in [1.54, 1.807) is 0 Å². The topological polar surface area (TPSA) is 43.4 Å². The molecular formula is C34H66O3S2. The number of carbonyl (C=O) groups is 2. The Morgan fingerprint density at radius 3 is 1.13 bits per heavy atom. The second-order valence-corrected chi connectivity index (χ2v) is 13.3. The van der Waals surface area contributed by atoms with Crippen LogP contribution in [0.2, 0.25) is 0 Å². The molecule has 5 heteroatoms. The summed E-state index contributed by atoms with van der Waals surface area (Å²) in [7, 11) is 0. The van der Waals surface area contributed by atoms with Gasteiger partial charge in [0.25, 0.3) is 0 Å². The summed E-state index contributed by atoms with van der Waals surface area (Å²) >= 11 is 8.20. The molecule has 0 aliphatic carbocycles. The van der Waals surface area contributed by atoms with Crippen LogP contribution in [0, 0.1) is 23.7 Å². The summed E-state index contributed by atoms with van der Waals surface area (Å²) in [6.07, 6.45) is 25.9. The first kappa shape index (κ1) is 39.0. The molecule has 0 bridgehead atoms. The van der Waals surface area contributed by atoms with Gasteiger partial charge >= 0.3 is 0 Å². The van der Waals surface area contributed by atoms with E-state index in [1.165, 1.54) is 103 Å². The fraction of sp³-hybridized carbons (Fsp3) is 0.941. The van der Waals surface area contributed by atoms with Gasteiger partial charge in [0.05, 0.1) is 0 Å². The van der Waals surface area contributed by atoms with Crippen molar-refractivity contribution in [2.45, 2.75) is 169 Å². The van der Waals surface area contributed by atoms with Crippen molar-refractivity contribution in [3.05, 3.63) is 0 Å². The Balaban J connectivity index is 4.63. The summed E-state index contributed by atoms with van der Waals surface area (Å²) in [4.78, 5) is 23.6. The lowest BCUT2D eigenvalue weighted by molar-refractivity contribution is -0.112. The quantitative estimate of drug-likeness (QED) is 0.0650. The Hall–Kier alpha value is -0.0000000000000000555. The second-order valence-electron chi connectivity index (χ2n) is 12.3. The van der Waals surface area contributed by atoms with Crippen LogP contribution in [0.25, 0.3) is 0 Å². The van der Waals surface area contributed by atoms with Crippen LogP contribution in [-0.2, 0) is 14.3 Å². The molecule has 0 aliphatic rings. The van der Waals surface area contributed by atoms with Crippen molar-refractivity contribution in [2.75, 3.05) is 13.2 Å². The molecule has 0 saturated heterocycles. The Labute approximate surface area is 255 Å². The normalized spacial score (nSPS) is 14.7. The number of unbranched alkanes of at least 4 members (excludes halogenated alkanes) is 6. The van der Waals surface area contributed by atoms with E-state index in [2.05, 4.69) is 53.0 Å². The summed E-state index contributed by atoms with van der Waals surface area (Å²) in [6.45, 7) is 10.5. The van der Waals surface area contributed by atoms with Gasteiger partial charge in [0.15, 0.2) is 10.2 Å². The molecule has 39 heavy (non-hydrogen) atoms. The minimum atomic E-state index is 0.00000985. The maximum absolute atomic E-state index is 11.8. The first-order valence-corrected chi connectivity index (χ1v) is 17.8. The van der Waals surface area contributed by atoms with Crippen molar-refractivity contribution in [1.82, 2.24) is 0 Å². The molecular weight excluding hydrogens is 521 g/mol. The predicted molar refractivity (Wildman–Crippen MR) is 177 cm³/mol. The van der Waals surface area contributed by atoms with Crippen molar-refractivity contribution >= 4 is 35.5 Å². The van der Waals surface area contributed by atoms with Gasteiger partial charge in [0.1, 0.15) is 0 Å². The van der Waals surface area contributed by atoms with E-state index in [4.69, 9.17) is 4.74 Å². The highest BCUT2D eigenvalue weighted by Crippen LogP contribution is 2.28. The van der Waals surface area contributed by atoms with Crippen molar-refractivity contribution in [2.24, 2.45) is 23.7 Å². The number of rotatable bonds is 30. The molecule has 0 aromatic heterocycles. The average Bonchev–Trinajstić information content (AvgIpc) is 2.89. The summed E-state index contributed by atoms with van der Waals surface area (Å²) in [6, 6.07) is 0. The van der Waals surface area contributed by atoms with E-state index in [0.29, 0.717) is 37.9 Å². The highest BCUT2D eigenvalue weighted by Gasteiger charge is 2.18. The lowest BCUT2D eigenvalue weighted by Crippen LogP contribution is -2.14. The molecule has 0 amide bonds. The Bertz CT molecular complexity index is 521. The highest BCUT2D eigenvalue weighted by molar-refractivity contribution is 7.96. The first-order chi connectivity index (χ1) is 18.9. The first-order valence-electron chi connectivity index (χ1n) is 16.9. The number of hydrogen-bond donors (Lipinski definition) is 2. The Kier molecular flexibility index (Phi) is 28.1. The fourth-order valence-electron chi connectivity index (χ4n) is 5.95. The number of ether oxygens (including phenoxy) is 1. The van der Waals surface area contributed by atoms with E-state index in [1.807, 2.05) is 0 Å². The molecule has 0 saturated carbocycles. The smallest absolute Gasteiger partial charge is 0.186 e. The van der Waals surface area contributed by atoms with Crippen LogP contribution in [0.1, 0.15) is 169 Å². The molecule has 3 nitrogen and oxygen atoms in total. The summed E-state index contributed by atoms with van der Waals surface area (Å²) in [5, 5.41) is 0.0000197. The fourth-order valence-corrected chi connectivity index (χ4v) is 6.47. The minimum absolute atomic E-state index is 0.00000985. The molecule has 0 aromatic rings. The van der Waals surface area contributed by atoms with Gasteiger partial charge in [-0.1, -0.05) is 130 Å². The van der Waals surface area contributed by atoms with E-state index in [-0.39, 0.29) is 10.2 Å². The van der Waals surface area contributed by atoms with Gasteiger partial charge in [-0.15, -0.1) is 25.3 Å². The monoisotopic (exact) mass is 586 g/mol. The molecule has 0 spiro atoms. The lowest BCUT2D eigenvalue weighted by atomic mass is 9.86. The van der Waals surface area contributed by atoms with Crippen LogP contribution < -0.4 is 0 Å². The molecule has 0 aromatic carbocycles. The summed E-state index contributed by atoms with van der Waals surface area (Å²) < 4.78 is 6.09. The third-order valence-electron chi connectivity index (χ3n) is 8.60. The third-order valence-corrected chi connectivity index (χ3v) is 8.96. The van der Waals surface area contributed by atoms with Gasteiger partial charge in [-0.05, 0) is 49.4 Å². The summed E-state index contributed by atoms with van der Waals surface area (Å²) in [5.41, 5.74) is 0. The molecule has 4 atom stereocenters. The highest BCUT2D eigenvalue weighted by atomic mass is 32.1. The molecule has 0 fully saturated rings. The van der Waals surface area contributed by atoms with Gasteiger partial charge in [-0.3, -0.25) is 9.59 Å². The maximum Gasteiger partial charge on any atom is 0.186 e. The molecule has 4 unspecified atom stereocenters. The standard InChI is InChI=1S/C34H66O3S2/c1-5-9-13-17-29(15-11-7-3)19-21-31(27-33(35)38)23-25-37-26-24-32(28-34(36)39)22-20-30(16-12-8-4)18-14-10-6-2/h29-32H,5-28H2,1-4H3,(H,35,38)(H,36,39). The minimum Gasteiger partial charge on any atom is -0.381 e. The largest absolute Gasteiger partial charge is 0.381 e. The number of hydrogen-bond acceptors (Lipinski definition) is 3. The van der Waals surface area contributed by atoms with Crippen molar-refractivity contribution in [3.63, 3.8) is 0 Å². The average molecular weight is 587 g/mol. The van der Waals surface area contributed by atoms with Crippen LogP contribution in [0.5, 0.6) is 0 Å². The molecule has 0 heterocycles. The molecule has 0 radical (unpaired) electrons. The zero-order valence-electron chi connectivity index (χ0n) is 26.4. The van der Waals surface area contributed by atoms with E-state index in [0.717, 1.165) is 37.5 Å². The molecule has 0 N–H and O–H groups in total. The van der Waals surface area contributed by atoms with Crippen LogP contribution in [0.3, 0.4) is 0 Å². The van der Waals surface area contributed by atoms with Gasteiger partial charge in [-0.25, -0.2) is 0 Å². The zero-order chi connectivity index (χ0) is 29.1. The van der Waals surface area contributed by atoms with E-state index >= 15 is 0 Å². The van der Waals surface area contributed by atoms with Crippen molar-refractivity contribution < 1.29 is 14.3 Å². The van der Waals surface area contributed by atoms with E-state index in [9.17, 15) is 9.59 Å². The number of carbonyl (C=O) groups excluding carboxylic acids is 2.